The van der Waals surface area contributed by atoms with E-state index in [4.69, 9.17) is 10.7 Å². The van der Waals surface area contributed by atoms with Crippen LogP contribution < -0.4 is 0 Å². The molecule has 0 fully saturated rings. The van der Waals surface area contributed by atoms with Gasteiger partial charge in [0.1, 0.15) is 10.4 Å². The van der Waals surface area contributed by atoms with Crippen LogP contribution in [-0.4, -0.2) is 13.4 Å². The van der Waals surface area contributed by atoms with Crippen molar-refractivity contribution in [1.82, 2.24) is 4.98 Å². The highest BCUT2D eigenvalue weighted by atomic mass is 79.9. The van der Waals surface area contributed by atoms with Gasteiger partial charge in [-0.25, -0.2) is 17.8 Å². The summed E-state index contributed by atoms with van der Waals surface area (Å²) in [5, 5.41) is 0. The number of halogens is 3. The molecule has 0 unspecified atom stereocenters. The predicted octanol–water partition coefficient (Wildman–Crippen LogP) is 1.91. The Bertz CT molecular complexity index is 388. The summed E-state index contributed by atoms with van der Waals surface area (Å²) in [4.78, 5) is 2.89. The van der Waals surface area contributed by atoms with Gasteiger partial charge in [0, 0.05) is 16.9 Å². The third-order valence-electron chi connectivity index (χ3n) is 1.06. The number of pyridine rings is 1. The molecule has 66 valence electrons. The third kappa shape index (κ3) is 1.94. The quantitative estimate of drug-likeness (QED) is 0.580. The van der Waals surface area contributed by atoms with Gasteiger partial charge in [0.15, 0.2) is 4.90 Å². The van der Waals surface area contributed by atoms with Crippen LogP contribution in [-0.2, 0) is 9.05 Å². The zero-order valence-electron chi connectivity index (χ0n) is 5.46. The first-order chi connectivity index (χ1) is 5.43. The second-order valence-electron chi connectivity index (χ2n) is 1.85. The van der Waals surface area contributed by atoms with E-state index in [1.165, 1.54) is 0 Å². The highest BCUT2D eigenvalue weighted by molar-refractivity contribution is 9.10. The van der Waals surface area contributed by atoms with Gasteiger partial charge in [-0.2, -0.15) is 0 Å². The molecular weight excluding hydrogens is 272 g/mol. The molecule has 0 bridgehead atoms. The summed E-state index contributed by atoms with van der Waals surface area (Å²) in [5.74, 6) is -0.924. The van der Waals surface area contributed by atoms with E-state index in [0.29, 0.717) is 0 Å². The minimum atomic E-state index is -4.08. The van der Waals surface area contributed by atoms with Gasteiger partial charge < -0.3 is 0 Å². The van der Waals surface area contributed by atoms with Crippen LogP contribution >= 0.6 is 26.6 Å². The molecule has 0 spiro atoms. The minimum Gasteiger partial charge on any atom is -0.248 e. The van der Waals surface area contributed by atoms with Crippen LogP contribution in [0.4, 0.5) is 4.39 Å². The lowest BCUT2D eigenvalue weighted by molar-refractivity contribution is 0.570. The predicted molar refractivity (Wildman–Crippen MR) is 44.9 cm³/mol. The van der Waals surface area contributed by atoms with Crippen molar-refractivity contribution >= 4 is 35.7 Å². The highest BCUT2D eigenvalue weighted by Gasteiger charge is 2.20. The molecule has 1 aromatic heterocycles. The van der Waals surface area contributed by atoms with Crippen LogP contribution in [0.2, 0.25) is 0 Å². The SMILES string of the molecule is O=S(=O)(Cl)c1c(F)ccnc1Br. The molecule has 1 rings (SSSR count). The maximum Gasteiger partial charge on any atom is 0.266 e. The van der Waals surface area contributed by atoms with Crippen LogP contribution in [0.3, 0.4) is 0 Å². The fourth-order valence-corrected chi connectivity index (χ4v) is 2.84. The van der Waals surface area contributed by atoms with Crippen LogP contribution in [0.5, 0.6) is 0 Å². The second-order valence-corrected chi connectivity index (χ2v) is 5.10. The van der Waals surface area contributed by atoms with E-state index in [2.05, 4.69) is 20.9 Å². The monoisotopic (exact) mass is 273 g/mol. The molecule has 0 radical (unpaired) electrons. The van der Waals surface area contributed by atoms with Crippen molar-refractivity contribution in [3.63, 3.8) is 0 Å². The molecule has 0 atom stereocenters. The molecule has 12 heavy (non-hydrogen) atoms. The Balaban J connectivity index is 3.53. The number of aromatic nitrogens is 1. The van der Waals surface area contributed by atoms with Gasteiger partial charge in [-0.15, -0.1) is 0 Å². The number of hydrogen-bond acceptors (Lipinski definition) is 3. The van der Waals surface area contributed by atoms with Crippen molar-refractivity contribution in [3.8, 4) is 0 Å². The zero-order valence-corrected chi connectivity index (χ0v) is 8.62. The van der Waals surface area contributed by atoms with Gasteiger partial charge in [-0.3, -0.25) is 0 Å². The summed E-state index contributed by atoms with van der Waals surface area (Å²) in [5.41, 5.74) is 0. The Morgan fingerprint density at radius 1 is 1.58 bits per heavy atom. The summed E-state index contributed by atoms with van der Waals surface area (Å²) < 4.78 is 34.1. The molecule has 1 heterocycles. The number of nitrogens with zero attached hydrogens (tertiary/aromatic N) is 1. The number of hydrogen-bond donors (Lipinski definition) is 0. The highest BCUT2D eigenvalue weighted by Crippen LogP contribution is 2.25. The largest absolute Gasteiger partial charge is 0.266 e. The van der Waals surface area contributed by atoms with Gasteiger partial charge in [-0.05, 0) is 22.0 Å². The van der Waals surface area contributed by atoms with Crippen LogP contribution in [0.1, 0.15) is 0 Å². The molecule has 0 aliphatic carbocycles. The van der Waals surface area contributed by atoms with Crippen molar-refractivity contribution in [2.24, 2.45) is 0 Å². The van der Waals surface area contributed by atoms with Crippen LogP contribution in [0, 0.1) is 5.82 Å². The van der Waals surface area contributed by atoms with Crippen molar-refractivity contribution in [1.29, 1.82) is 0 Å². The summed E-state index contributed by atoms with van der Waals surface area (Å²) in [6.07, 6.45) is 1.13. The molecular formula is C5H2BrClFNO2S. The van der Waals surface area contributed by atoms with E-state index in [9.17, 15) is 12.8 Å². The normalized spacial score (nSPS) is 11.6. The second kappa shape index (κ2) is 3.27. The third-order valence-corrected chi connectivity index (χ3v) is 3.26. The van der Waals surface area contributed by atoms with Crippen LogP contribution in [0.15, 0.2) is 21.8 Å². The molecule has 0 N–H and O–H groups in total. The molecule has 0 aromatic carbocycles. The Morgan fingerprint density at radius 3 is 2.50 bits per heavy atom. The van der Waals surface area contributed by atoms with Gasteiger partial charge in [0.2, 0.25) is 0 Å². The van der Waals surface area contributed by atoms with Gasteiger partial charge in [-0.1, -0.05) is 0 Å². The fourth-order valence-electron chi connectivity index (χ4n) is 0.618. The van der Waals surface area contributed by atoms with E-state index < -0.39 is 19.8 Å². The topological polar surface area (TPSA) is 47.0 Å². The zero-order chi connectivity index (χ0) is 9.35. The first-order valence-corrected chi connectivity index (χ1v) is 5.78. The van der Waals surface area contributed by atoms with Crippen molar-refractivity contribution in [2.45, 2.75) is 4.90 Å². The smallest absolute Gasteiger partial charge is 0.248 e. The van der Waals surface area contributed by atoms with E-state index in [1.807, 2.05) is 0 Å². The standard InChI is InChI=1S/C5H2BrClFNO2S/c6-5-4(12(7,10)11)3(8)1-2-9-5/h1-2H. The van der Waals surface area contributed by atoms with Gasteiger partial charge >= 0.3 is 0 Å². The average Bonchev–Trinajstić information content (AvgIpc) is 1.82. The van der Waals surface area contributed by atoms with Crippen LogP contribution in [0.25, 0.3) is 0 Å². The molecule has 7 heteroatoms. The Hall–Kier alpha value is -0.200. The summed E-state index contributed by atoms with van der Waals surface area (Å²) >= 11 is 2.77. The first-order valence-electron chi connectivity index (χ1n) is 2.67. The Morgan fingerprint density at radius 2 is 2.17 bits per heavy atom. The minimum absolute atomic E-state index is 0.127. The fraction of sp³-hybridized carbons (Fsp3) is 0. The Kier molecular flexibility index (Phi) is 2.70. The van der Waals surface area contributed by atoms with Crippen molar-refractivity contribution in [3.05, 3.63) is 22.7 Å². The van der Waals surface area contributed by atoms with E-state index in [1.54, 1.807) is 0 Å². The Labute approximate surface area is 81.1 Å². The van der Waals surface area contributed by atoms with E-state index in [0.717, 1.165) is 12.3 Å². The summed E-state index contributed by atoms with van der Waals surface area (Å²) in [7, 11) is 0.855. The lowest BCUT2D eigenvalue weighted by Crippen LogP contribution is -1.98. The molecule has 0 saturated heterocycles. The molecule has 0 saturated carbocycles. The lowest BCUT2D eigenvalue weighted by atomic mass is 10.5. The van der Waals surface area contributed by atoms with E-state index >= 15 is 0 Å². The molecule has 0 aliphatic rings. The maximum absolute atomic E-state index is 12.8. The summed E-state index contributed by atoms with van der Waals surface area (Å²) in [6, 6.07) is 0.917. The summed E-state index contributed by atoms with van der Waals surface area (Å²) in [6.45, 7) is 0. The average molecular weight is 274 g/mol. The molecule has 0 aliphatic heterocycles. The van der Waals surface area contributed by atoms with Crippen molar-refractivity contribution in [2.75, 3.05) is 0 Å². The van der Waals surface area contributed by atoms with Crippen molar-refractivity contribution < 1.29 is 12.8 Å². The lowest BCUT2D eigenvalue weighted by Gasteiger charge is -1.98. The first kappa shape index (κ1) is 9.88. The van der Waals surface area contributed by atoms with Gasteiger partial charge in [0.25, 0.3) is 9.05 Å². The van der Waals surface area contributed by atoms with Gasteiger partial charge in [0.05, 0.1) is 0 Å². The molecule has 1 aromatic rings. The molecule has 3 nitrogen and oxygen atoms in total. The molecule has 0 amide bonds. The maximum atomic E-state index is 12.8. The van der Waals surface area contributed by atoms with E-state index in [-0.39, 0.29) is 4.60 Å². The number of rotatable bonds is 1.